The van der Waals surface area contributed by atoms with Gasteiger partial charge in [-0.25, -0.2) is 15.0 Å². The van der Waals surface area contributed by atoms with Crippen LogP contribution < -0.4 is 10.1 Å². The van der Waals surface area contributed by atoms with Gasteiger partial charge in [0.05, 0.1) is 25.5 Å². The van der Waals surface area contributed by atoms with Crippen LogP contribution in [0, 0.1) is 6.92 Å². The number of hydrogen-bond donors (Lipinski definition) is 2. The first-order valence-corrected chi connectivity index (χ1v) is 7.93. The van der Waals surface area contributed by atoms with Crippen molar-refractivity contribution in [3.63, 3.8) is 0 Å². The highest BCUT2D eigenvalue weighted by molar-refractivity contribution is 5.59. The van der Waals surface area contributed by atoms with Crippen molar-refractivity contribution in [1.82, 2.24) is 19.9 Å². The summed E-state index contributed by atoms with van der Waals surface area (Å²) in [6.45, 7) is 2.86. The van der Waals surface area contributed by atoms with Crippen molar-refractivity contribution in [1.29, 1.82) is 0 Å². The summed E-state index contributed by atoms with van der Waals surface area (Å²) in [4.78, 5) is 16.5. The van der Waals surface area contributed by atoms with Crippen LogP contribution in [0.15, 0.2) is 36.5 Å². The highest BCUT2D eigenvalue weighted by atomic mass is 16.5. The lowest BCUT2D eigenvalue weighted by Gasteiger charge is -2.07. The lowest BCUT2D eigenvalue weighted by molar-refractivity contribution is 0.177. The monoisotopic (exact) mass is 339 g/mol. The van der Waals surface area contributed by atoms with E-state index in [1.807, 2.05) is 43.5 Å². The molecule has 0 atom stereocenters. The van der Waals surface area contributed by atoms with Gasteiger partial charge in [-0.15, -0.1) is 0 Å². The molecule has 130 valence electrons. The van der Waals surface area contributed by atoms with Crippen LogP contribution in [0.25, 0.3) is 11.3 Å². The number of ether oxygens (including phenoxy) is 2. The number of aromatic nitrogens is 4. The molecule has 3 rings (SSSR count). The van der Waals surface area contributed by atoms with Crippen molar-refractivity contribution in [2.45, 2.75) is 20.1 Å². The van der Waals surface area contributed by atoms with Gasteiger partial charge in [0.15, 0.2) is 5.82 Å². The number of nitrogens with zero attached hydrogens (tertiary/aromatic N) is 3. The largest absolute Gasteiger partial charge is 0.497 e. The molecule has 7 heteroatoms. The molecular formula is C18H21N5O2. The van der Waals surface area contributed by atoms with E-state index < -0.39 is 0 Å². The van der Waals surface area contributed by atoms with Crippen LogP contribution in [0.3, 0.4) is 0 Å². The smallest absolute Gasteiger partial charge is 0.156 e. The van der Waals surface area contributed by atoms with E-state index in [9.17, 15) is 0 Å². The molecule has 0 aliphatic rings. The fraction of sp³-hybridized carbons (Fsp3) is 0.278. The second-order valence-corrected chi connectivity index (χ2v) is 5.57. The van der Waals surface area contributed by atoms with Crippen LogP contribution in [-0.4, -0.2) is 34.2 Å². The van der Waals surface area contributed by atoms with E-state index in [0.29, 0.717) is 19.0 Å². The van der Waals surface area contributed by atoms with Gasteiger partial charge < -0.3 is 19.8 Å². The molecule has 2 heterocycles. The number of nitrogens with one attached hydrogen (secondary N) is 2. The van der Waals surface area contributed by atoms with E-state index in [0.717, 1.165) is 34.3 Å². The van der Waals surface area contributed by atoms with E-state index in [1.165, 1.54) is 0 Å². The Hall–Kier alpha value is -2.93. The second-order valence-electron chi connectivity index (χ2n) is 5.57. The molecule has 0 saturated carbocycles. The standard InChI is InChI=1S/C18H21N5O2/c1-12-8-16(23-18(21-12)11-24-2)20-10-17-19-9-15(22-17)13-4-6-14(25-3)7-5-13/h4-9H,10-11H2,1-3H3,(H,19,22)(H,20,21,23). The Labute approximate surface area is 146 Å². The minimum Gasteiger partial charge on any atom is -0.497 e. The SMILES string of the molecule is COCc1nc(C)cc(NCc2ncc(-c3ccc(OC)cc3)[nH]2)n1. The number of rotatable bonds is 7. The molecule has 25 heavy (non-hydrogen) atoms. The summed E-state index contributed by atoms with van der Waals surface area (Å²) in [5.74, 6) is 3.07. The number of benzene rings is 1. The fourth-order valence-corrected chi connectivity index (χ4v) is 2.46. The molecule has 3 aromatic rings. The van der Waals surface area contributed by atoms with Gasteiger partial charge in [-0.2, -0.15) is 0 Å². The summed E-state index contributed by atoms with van der Waals surface area (Å²) in [5, 5.41) is 3.26. The number of anilines is 1. The molecule has 0 aliphatic heterocycles. The number of methoxy groups -OCH3 is 2. The maximum atomic E-state index is 5.18. The highest BCUT2D eigenvalue weighted by Gasteiger charge is 2.06. The maximum absolute atomic E-state index is 5.18. The van der Waals surface area contributed by atoms with Crippen LogP contribution in [0.5, 0.6) is 5.75 Å². The first-order chi connectivity index (χ1) is 12.2. The molecule has 0 unspecified atom stereocenters. The van der Waals surface area contributed by atoms with Crippen LogP contribution in [0.2, 0.25) is 0 Å². The summed E-state index contributed by atoms with van der Waals surface area (Å²) in [5.41, 5.74) is 2.90. The van der Waals surface area contributed by atoms with Gasteiger partial charge >= 0.3 is 0 Å². The van der Waals surface area contributed by atoms with Gasteiger partial charge in [0, 0.05) is 18.9 Å². The quantitative estimate of drug-likeness (QED) is 0.688. The van der Waals surface area contributed by atoms with Crippen molar-refractivity contribution in [2.75, 3.05) is 19.5 Å². The van der Waals surface area contributed by atoms with E-state index in [4.69, 9.17) is 9.47 Å². The Morgan fingerprint density at radius 1 is 1.12 bits per heavy atom. The summed E-state index contributed by atoms with van der Waals surface area (Å²) < 4.78 is 10.3. The van der Waals surface area contributed by atoms with Gasteiger partial charge in [-0.05, 0) is 36.8 Å². The minimum absolute atomic E-state index is 0.388. The van der Waals surface area contributed by atoms with Crippen LogP contribution in [0.4, 0.5) is 5.82 Å². The summed E-state index contributed by atoms with van der Waals surface area (Å²) >= 11 is 0. The summed E-state index contributed by atoms with van der Waals surface area (Å²) in [7, 11) is 3.28. The zero-order valence-corrected chi connectivity index (χ0v) is 14.5. The predicted molar refractivity (Wildman–Crippen MR) is 95.4 cm³/mol. The van der Waals surface area contributed by atoms with Gasteiger partial charge in [0.25, 0.3) is 0 Å². The van der Waals surface area contributed by atoms with Crippen LogP contribution in [-0.2, 0) is 17.9 Å². The lowest BCUT2D eigenvalue weighted by Crippen LogP contribution is -2.07. The minimum atomic E-state index is 0.388. The van der Waals surface area contributed by atoms with Gasteiger partial charge in [0.2, 0.25) is 0 Å². The average molecular weight is 339 g/mol. The Morgan fingerprint density at radius 2 is 1.92 bits per heavy atom. The maximum Gasteiger partial charge on any atom is 0.156 e. The van der Waals surface area contributed by atoms with E-state index in [-0.39, 0.29) is 0 Å². The normalized spacial score (nSPS) is 10.7. The van der Waals surface area contributed by atoms with Gasteiger partial charge in [-0.1, -0.05) is 0 Å². The first kappa shape index (κ1) is 16.9. The number of aryl methyl sites for hydroxylation is 1. The second kappa shape index (κ2) is 7.76. The molecule has 0 saturated heterocycles. The molecule has 0 radical (unpaired) electrons. The summed E-state index contributed by atoms with van der Waals surface area (Å²) in [6.07, 6.45) is 1.82. The third-order valence-electron chi connectivity index (χ3n) is 3.64. The highest BCUT2D eigenvalue weighted by Crippen LogP contribution is 2.20. The number of imidazole rings is 1. The third-order valence-corrected chi connectivity index (χ3v) is 3.64. The van der Waals surface area contributed by atoms with E-state index in [2.05, 4.69) is 25.3 Å². The van der Waals surface area contributed by atoms with Crippen molar-refractivity contribution < 1.29 is 9.47 Å². The van der Waals surface area contributed by atoms with Crippen LogP contribution in [0.1, 0.15) is 17.3 Å². The van der Waals surface area contributed by atoms with Crippen molar-refractivity contribution in [3.05, 3.63) is 53.9 Å². The number of H-pyrrole nitrogens is 1. The molecule has 2 aromatic heterocycles. The zero-order chi connectivity index (χ0) is 17.6. The average Bonchev–Trinajstić information content (AvgIpc) is 3.09. The fourth-order valence-electron chi connectivity index (χ4n) is 2.46. The van der Waals surface area contributed by atoms with E-state index in [1.54, 1.807) is 14.2 Å². The molecule has 1 aromatic carbocycles. The Balaban J connectivity index is 1.67. The molecular weight excluding hydrogens is 318 g/mol. The van der Waals surface area contributed by atoms with Crippen molar-refractivity contribution in [3.8, 4) is 17.0 Å². The zero-order valence-electron chi connectivity index (χ0n) is 14.5. The number of aromatic amines is 1. The molecule has 0 fully saturated rings. The van der Waals surface area contributed by atoms with Gasteiger partial charge in [0.1, 0.15) is 24.0 Å². The Bertz CT molecular complexity index is 830. The molecule has 0 bridgehead atoms. The van der Waals surface area contributed by atoms with Crippen molar-refractivity contribution in [2.24, 2.45) is 0 Å². The van der Waals surface area contributed by atoms with Gasteiger partial charge in [-0.3, -0.25) is 0 Å². The Kier molecular flexibility index (Phi) is 5.25. The molecule has 7 nitrogen and oxygen atoms in total. The predicted octanol–water partition coefficient (Wildman–Crippen LogP) is 2.94. The number of hydrogen-bond acceptors (Lipinski definition) is 6. The molecule has 0 spiro atoms. The topological polar surface area (TPSA) is 85.0 Å². The summed E-state index contributed by atoms with van der Waals surface area (Å²) in [6, 6.07) is 9.74. The molecule has 0 aliphatic carbocycles. The first-order valence-electron chi connectivity index (χ1n) is 7.93. The lowest BCUT2D eigenvalue weighted by atomic mass is 10.2. The molecule has 2 N–H and O–H groups in total. The van der Waals surface area contributed by atoms with Crippen molar-refractivity contribution >= 4 is 5.82 Å². The van der Waals surface area contributed by atoms with Crippen LogP contribution >= 0.6 is 0 Å². The molecule has 0 amide bonds. The Morgan fingerprint density at radius 3 is 2.64 bits per heavy atom. The van der Waals surface area contributed by atoms with E-state index >= 15 is 0 Å². The third kappa shape index (κ3) is 4.33.